The van der Waals surface area contributed by atoms with Crippen LogP contribution in [0.2, 0.25) is 0 Å². The zero-order chi connectivity index (χ0) is 14.5. The summed E-state index contributed by atoms with van der Waals surface area (Å²) in [6.45, 7) is 7.67. The van der Waals surface area contributed by atoms with Crippen molar-refractivity contribution in [2.24, 2.45) is 0 Å². The SMILES string of the molecule is COc1ccc(C(C)C)cc1CC(=O)N1CCNCC1. The minimum atomic E-state index is 0.186. The highest BCUT2D eigenvalue weighted by atomic mass is 16.5. The first-order valence-corrected chi connectivity index (χ1v) is 7.27. The van der Waals surface area contributed by atoms with E-state index in [0.29, 0.717) is 12.3 Å². The average Bonchev–Trinajstić information content (AvgIpc) is 2.48. The molecule has 1 N–H and O–H groups in total. The normalized spacial score (nSPS) is 15.5. The van der Waals surface area contributed by atoms with Gasteiger partial charge in [-0.1, -0.05) is 26.0 Å². The second-order valence-corrected chi connectivity index (χ2v) is 5.53. The van der Waals surface area contributed by atoms with Gasteiger partial charge < -0.3 is 15.0 Å². The number of rotatable bonds is 4. The Hall–Kier alpha value is -1.55. The fourth-order valence-electron chi connectivity index (χ4n) is 2.48. The van der Waals surface area contributed by atoms with Gasteiger partial charge in [0, 0.05) is 31.7 Å². The van der Waals surface area contributed by atoms with E-state index in [1.165, 1.54) is 5.56 Å². The van der Waals surface area contributed by atoms with Crippen molar-refractivity contribution >= 4 is 5.91 Å². The third-order valence-electron chi connectivity index (χ3n) is 3.78. The van der Waals surface area contributed by atoms with Gasteiger partial charge in [0.2, 0.25) is 5.91 Å². The molecular formula is C16H24N2O2. The average molecular weight is 276 g/mol. The number of ether oxygens (including phenoxy) is 1. The molecule has 1 aromatic rings. The molecule has 0 radical (unpaired) electrons. The number of carbonyl (C=O) groups excluding carboxylic acids is 1. The predicted octanol–water partition coefficient (Wildman–Crippen LogP) is 1.79. The van der Waals surface area contributed by atoms with Crippen molar-refractivity contribution in [1.82, 2.24) is 10.2 Å². The van der Waals surface area contributed by atoms with E-state index in [0.717, 1.165) is 37.5 Å². The maximum atomic E-state index is 12.4. The van der Waals surface area contributed by atoms with Gasteiger partial charge in [-0.3, -0.25) is 4.79 Å². The molecule has 0 bridgehead atoms. The number of carbonyl (C=O) groups is 1. The molecule has 0 aromatic heterocycles. The lowest BCUT2D eigenvalue weighted by Crippen LogP contribution is -2.46. The number of nitrogens with one attached hydrogen (secondary N) is 1. The fraction of sp³-hybridized carbons (Fsp3) is 0.562. The highest BCUT2D eigenvalue weighted by molar-refractivity contribution is 5.79. The summed E-state index contributed by atoms with van der Waals surface area (Å²) in [4.78, 5) is 14.3. The summed E-state index contributed by atoms with van der Waals surface area (Å²) in [5, 5.41) is 3.26. The topological polar surface area (TPSA) is 41.6 Å². The smallest absolute Gasteiger partial charge is 0.227 e. The summed E-state index contributed by atoms with van der Waals surface area (Å²) in [7, 11) is 1.66. The molecular weight excluding hydrogens is 252 g/mol. The van der Waals surface area contributed by atoms with E-state index in [4.69, 9.17) is 4.74 Å². The molecule has 0 saturated carbocycles. The van der Waals surface area contributed by atoms with Gasteiger partial charge >= 0.3 is 0 Å². The van der Waals surface area contributed by atoms with Crippen LogP contribution in [0.25, 0.3) is 0 Å². The molecule has 1 aromatic carbocycles. The van der Waals surface area contributed by atoms with Crippen LogP contribution in [0, 0.1) is 0 Å². The van der Waals surface area contributed by atoms with Gasteiger partial charge in [0.15, 0.2) is 0 Å². The quantitative estimate of drug-likeness (QED) is 0.911. The number of nitrogens with zero attached hydrogens (tertiary/aromatic N) is 1. The molecule has 110 valence electrons. The van der Waals surface area contributed by atoms with Crippen LogP contribution >= 0.6 is 0 Å². The molecule has 1 fully saturated rings. The van der Waals surface area contributed by atoms with Crippen LogP contribution in [0.15, 0.2) is 18.2 Å². The maximum absolute atomic E-state index is 12.4. The number of amides is 1. The van der Waals surface area contributed by atoms with E-state index in [-0.39, 0.29) is 5.91 Å². The molecule has 1 aliphatic heterocycles. The summed E-state index contributed by atoms with van der Waals surface area (Å²) in [6, 6.07) is 6.14. The van der Waals surface area contributed by atoms with Crippen LogP contribution < -0.4 is 10.1 Å². The number of methoxy groups -OCH3 is 1. The van der Waals surface area contributed by atoms with E-state index in [2.05, 4.69) is 31.3 Å². The highest BCUT2D eigenvalue weighted by Gasteiger charge is 2.18. The maximum Gasteiger partial charge on any atom is 0.227 e. The number of piperazine rings is 1. The lowest BCUT2D eigenvalue weighted by molar-refractivity contribution is -0.131. The first kappa shape index (κ1) is 14.9. The van der Waals surface area contributed by atoms with Gasteiger partial charge in [0.25, 0.3) is 0 Å². The second kappa shape index (κ2) is 6.75. The Morgan fingerprint density at radius 2 is 2.05 bits per heavy atom. The first-order chi connectivity index (χ1) is 9.61. The van der Waals surface area contributed by atoms with Crippen LogP contribution in [0.3, 0.4) is 0 Å². The molecule has 4 heteroatoms. The van der Waals surface area contributed by atoms with Crippen molar-refractivity contribution in [3.63, 3.8) is 0 Å². The van der Waals surface area contributed by atoms with E-state index in [9.17, 15) is 4.79 Å². The van der Waals surface area contributed by atoms with Crippen molar-refractivity contribution < 1.29 is 9.53 Å². The first-order valence-electron chi connectivity index (χ1n) is 7.27. The van der Waals surface area contributed by atoms with Crippen LogP contribution in [0.1, 0.15) is 30.9 Å². The van der Waals surface area contributed by atoms with E-state index in [1.54, 1.807) is 7.11 Å². The minimum absolute atomic E-state index is 0.186. The Morgan fingerprint density at radius 1 is 1.35 bits per heavy atom. The van der Waals surface area contributed by atoms with Crippen molar-refractivity contribution in [2.75, 3.05) is 33.3 Å². The van der Waals surface area contributed by atoms with Gasteiger partial charge in [0.05, 0.1) is 13.5 Å². The minimum Gasteiger partial charge on any atom is -0.496 e. The highest BCUT2D eigenvalue weighted by Crippen LogP contribution is 2.25. The molecule has 0 aliphatic carbocycles. The zero-order valence-electron chi connectivity index (χ0n) is 12.6. The number of hydrogen-bond acceptors (Lipinski definition) is 3. The summed E-state index contributed by atoms with van der Waals surface area (Å²) >= 11 is 0. The Morgan fingerprint density at radius 3 is 2.65 bits per heavy atom. The third kappa shape index (κ3) is 3.51. The lowest BCUT2D eigenvalue weighted by Gasteiger charge is -2.27. The molecule has 1 amide bonds. The fourth-order valence-corrected chi connectivity index (χ4v) is 2.48. The van der Waals surface area contributed by atoms with E-state index >= 15 is 0 Å². The third-order valence-corrected chi connectivity index (χ3v) is 3.78. The number of hydrogen-bond donors (Lipinski definition) is 1. The van der Waals surface area contributed by atoms with Gasteiger partial charge in [0.1, 0.15) is 5.75 Å². The Kier molecular flexibility index (Phi) is 5.01. The van der Waals surface area contributed by atoms with Gasteiger partial charge in [-0.05, 0) is 17.5 Å². The Labute approximate surface area is 121 Å². The van der Waals surface area contributed by atoms with Gasteiger partial charge in [-0.25, -0.2) is 0 Å². The summed E-state index contributed by atoms with van der Waals surface area (Å²) in [5.41, 5.74) is 2.23. The molecule has 4 nitrogen and oxygen atoms in total. The van der Waals surface area contributed by atoms with Crippen molar-refractivity contribution in [1.29, 1.82) is 0 Å². The molecule has 0 unspecified atom stereocenters. The van der Waals surface area contributed by atoms with Crippen molar-refractivity contribution in [2.45, 2.75) is 26.2 Å². The van der Waals surface area contributed by atoms with Crippen LogP contribution in [0.5, 0.6) is 5.75 Å². The molecule has 0 spiro atoms. The summed E-state index contributed by atoms with van der Waals surface area (Å²) in [6.07, 6.45) is 0.420. The van der Waals surface area contributed by atoms with Crippen LogP contribution in [-0.4, -0.2) is 44.1 Å². The standard InChI is InChI=1S/C16H24N2O2/c1-12(2)13-4-5-15(20-3)14(10-13)11-16(19)18-8-6-17-7-9-18/h4-5,10,12,17H,6-9,11H2,1-3H3. The molecule has 1 heterocycles. The lowest BCUT2D eigenvalue weighted by atomic mass is 9.98. The molecule has 20 heavy (non-hydrogen) atoms. The van der Waals surface area contributed by atoms with Crippen molar-refractivity contribution in [3.8, 4) is 5.75 Å². The Bertz CT molecular complexity index is 466. The number of benzene rings is 1. The molecule has 1 aliphatic rings. The van der Waals surface area contributed by atoms with E-state index in [1.807, 2.05) is 11.0 Å². The second-order valence-electron chi connectivity index (χ2n) is 5.53. The molecule has 1 saturated heterocycles. The van der Waals surface area contributed by atoms with E-state index < -0.39 is 0 Å². The molecule has 2 rings (SSSR count). The Balaban J connectivity index is 2.13. The van der Waals surface area contributed by atoms with Gasteiger partial charge in [-0.15, -0.1) is 0 Å². The molecule has 0 atom stereocenters. The predicted molar refractivity (Wildman–Crippen MR) is 80.2 cm³/mol. The van der Waals surface area contributed by atoms with Crippen molar-refractivity contribution in [3.05, 3.63) is 29.3 Å². The zero-order valence-corrected chi connectivity index (χ0v) is 12.6. The summed E-state index contributed by atoms with van der Waals surface area (Å²) in [5.74, 6) is 1.44. The largest absolute Gasteiger partial charge is 0.496 e. The summed E-state index contributed by atoms with van der Waals surface area (Å²) < 4.78 is 5.39. The van der Waals surface area contributed by atoms with Gasteiger partial charge in [-0.2, -0.15) is 0 Å². The monoisotopic (exact) mass is 276 g/mol. The van der Waals surface area contributed by atoms with Crippen LogP contribution in [0.4, 0.5) is 0 Å². The van der Waals surface area contributed by atoms with Crippen LogP contribution in [-0.2, 0) is 11.2 Å².